The number of aromatic hydroxyl groups is 1. The van der Waals surface area contributed by atoms with Gasteiger partial charge in [0.25, 0.3) is 5.91 Å². The molecule has 208 valence electrons. The van der Waals surface area contributed by atoms with E-state index in [1.54, 1.807) is 18.3 Å². The minimum absolute atomic E-state index is 0.00698. The highest BCUT2D eigenvalue weighted by atomic mass is 16.5. The Balaban J connectivity index is 1.16. The van der Waals surface area contributed by atoms with Gasteiger partial charge in [0.1, 0.15) is 6.10 Å². The van der Waals surface area contributed by atoms with Crippen molar-refractivity contribution in [2.75, 3.05) is 18.4 Å². The molecule has 2 amide bonds. The quantitative estimate of drug-likeness (QED) is 0.337. The molecular formula is C31H34N4O5. The number of phenolic OH excluding ortho intramolecular Hbond substituents is 1. The number of phenols is 1. The summed E-state index contributed by atoms with van der Waals surface area (Å²) in [5.41, 5.74) is 2.16. The normalized spacial score (nSPS) is 31.9. The SMILES string of the molecule is CC(=O)Nc1c[nH]c2c(C(=O)N[C@H]3CC[C@@]4(O)[C@H]5Cc6ccc(O)c7c6[C@@]4(CCN5CC4CC4)[C@H]3O7)cccc12. The summed E-state index contributed by atoms with van der Waals surface area (Å²) >= 11 is 0. The molecule has 2 saturated carbocycles. The number of aromatic nitrogens is 1. The number of amides is 2. The third kappa shape index (κ3) is 3.16. The Kier molecular flexibility index (Phi) is 4.99. The van der Waals surface area contributed by atoms with Gasteiger partial charge in [-0.15, -0.1) is 0 Å². The Morgan fingerprint density at radius 1 is 1.18 bits per heavy atom. The number of ether oxygens (including phenoxy) is 1. The lowest BCUT2D eigenvalue weighted by Gasteiger charge is -2.64. The van der Waals surface area contributed by atoms with Crippen LogP contribution < -0.4 is 15.4 Å². The molecule has 2 bridgehead atoms. The van der Waals surface area contributed by atoms with Crippen LogP contribution in [0.4, 0.5) is 5.69 Å². The third-order valence-corrected chi connectivity index (χ3v) is 10.3. The molecule has 3 aliphatic carbocycles. The zero-order valence-corrected chi connectivity index (χ0v) is 22.5. The Hall–Kier alpha value is -3.56. The van der Waals surface area contributed by atoms with E-state index in [4.69, 9.17) is 4.74 Å². The standard InChI is InChI=1S/C31H34N4O5/c1-16(36)33-22-14-32-26-19(22)3-2-4-20(26)29(38)34-21-9-10-31(39)24-13-18-7-8-23(37)27-25(18)30(31,28(21)40-27)11-12-35(24)15-17-5-6-17/h2-4,7-8,14,17,21,24,28,32,37,39H,5-6,9-13,15H2,1H3,(H,33,36)(H,34,38)/t21-,24+,28-,30-,31+/m0/s1. The first-order valence-corrected chi connectivity index (χ1v) is 14.5. The van der Waals surface area contributed by atoms with Crippen molar-refractivity contribution >= 4 is 28.4 Å². The lowest BCUT2D eigenvalue weighted by Crippen LogP contribution is -2.78. The predicted molar refractivity (Wildman–Crippen MR) is 149 cm³/mol. The number of aromatic amines is 1. The summed E-state index contributed by atoms with van der Waals surface area (Å²) < 4.78 is 6.59. The minimum Gasteiger partial charge on any atom is -0.504 e. The van der Waals surface area contributed by atoms with Crippen molar-refractivity contribution in [1.82, 2.24) is 15.2 Å². The molecule has 1 spiro atoms. The molecule has 1 aromatic heterocycles. The van der Waals surface area contributed by atoms with Gasteiger partial charge in [-0.2, -0.15) is 0 Å². The van der Waals surface area contributed by atoms with Crippen molar-refractivity contribution in [2.24, 2.45) is 5.92 Å². The second-order valence-electron chi connectivity index (χ2n) is 12.5. The molecule has 2 aliphatic heterocycles. The van der Waals surface area contributed by atoms with Gasteiger partial charge < -0.3 is 30.6 Å². The summed E-state index contributed by atoms with van der Waals surface area (Å²) in [5.74, 6) is 0.871. The van der Waals surface area contributed by atoms with Crippen molar-refractivity contribution < 1.29 is 24.5 Å². The number of hydrogen-bond acceptors (Lipinski definition) is 6. The number of anilines is 1. The molecule has 5 aliphatic rings. The van der Waals surface area contributed by atoms with Gasteiger partial charge in [-0.3, -0.25) is 14.5 Å². The fourth-order valence-corrected chi connectivity index (χ4v) is 8.51. The first-order chi connectivity index (χ1) is 19.3. The van der Waals surface area contributed by atoms with Gasteiger partial charge in [0, 0.05) is 36.7 Å². The highest BCUT2D eigenvalue weighted by Gasteiger charge is 2.73. The molecule has 2 aromatic carbocycles. The Labute approximate surface area is 231 Å². The lowest BCUT2D eigenvalue weighted by atomic mass is 9.48. The number of nitrogens with one attached hydrogen (secondary N) is 3. The van der Waals surface area contributed by atoms with Crippen LogP contribution in [0.2, 0.25) is 0 Å². The zero-order valence-electron chi connectivity index (χ0n) is 22.5. The summed E-state index contributed by atoms with van der Waals surface area (Å²) in [6, 6.07) is 8.79. The van der Waals surface area contributed by atoms with Crippen LogP contribution in [0.3, 0.4) is 0 Å². The monoisotopic (exact) mass is 542 g/mol. The zero-order chi connectivity index (χ0) is 27.4. The maximum atomic E-state index is 13.8. The van der Waals surface area contributed by atoms with Crippen molar-refractivity contribution in [2.45, 2.75) is 74.7 Å². The highest BCUT2D eigenvalue weighted by Crippen LogP contribution is 2.65. The molecule has 8 rings (SSSR count). The number of carbonyl (C=O) groups excluding carboxylic acids is 2. The molecule has 9 heteroatoms. The number of rotatable bonds is 5. The predicted octanol–water partition coefficient (Wildman–Crippen LogP) is 3.19. The van der Waals surface area contributed by atoms with Gasteiger partial charge in [0.2, 0.25) is 5.91 Å². The van der Waals surface area contributed by atoms with Gasteiger partial charge in [0.05, 0.1) is 33.8 Å². The van der Waals surface area contributed by atoms with E-state index >= 15 is 0 Å². The molecule has 1 saturated heterocycles. The number of carbonyl (C=O) groups is 2. The number of para-hydroxylation sites is 1. The fourth-order valence-electron chi connectivity index (χ4n) is 8.51. The van der Waals surface area contributed by atoms with Crippen LogP contribution in [0.5, 0.6) is 11.5 Å². The molecule has 5 N–H and O–H groups in total. The second-order valence-corrected chi connectivity index (χ2v) is 12.5. The number of likely N-dealkylation sites (tertiary alicyclic amines) is 1. The summed E-state index contributed by atoms with van der Waals surface area (Å²) in [4.78, 5) is 31.1. The van der Waals surface area contributed by atoms with Gasteiger partial charge in [-0.25, -0.2) is 0 Å². The number of piperidine rings is 1. The minimum atomic E-state index is -0.995. The number of fused-ring (bicyclic) bond motifs is 1. The third-order valence-electron chi connectivity index (χ3n) is 10.3. The molecule has 3 fully saturated rings. The van der Waals surface area contributed by atoms with E-state index in [1.165, 1.54) is 19.8 Å². The van der Waals surface area contributed by atoms with E-state index in [0.29, 0.717) is 35.4 Å². The average Bonchev–Trinajstić information content (AvgIpc) is 3.54. The van der Waals surface area contributed by atoms with Gasteiger partial charge >= 0.3 is 0 Å². The largest absolute Gasteiger partial charge is 0.504 e. The molecule has 3 heterocycles. The average molecular weight is 543 g/mol. The smallest absolute Gasteiger partial charge is 0.253 e. The second kappa shape index (κ2) is 8.24. The molecular weight excluding hydrogens is 508 g/mol. The first-order valence-electron chi connectivity index (χ1n) is 14.5. The number of benzene rings is 2. The van der Waals surface area contributed by atoms with Gasteiger partial charge in [-0.05, 0) is 68.7 Å². The maximum Gasteiger partial charge on any atom is 0.253 e. The van der Waals surface area contributed by atoms with Crippen LogP contribution in [0.25, 0.3) is 10.9 Å². The molecule has 5 atom stereocenters. The van der Waals surface area contributed by atoms with E-state index in [1.807, 2.05) is 18.2 Å². The van der Waals surface area contributed by atoms with E-state index < -0.39 is 17.1 Å². The summed E-state index contributed by atoms with van der Waals surface area (Å²) in [6.45, 7) is 3.34. The fraction of sp³-hybridized carbons (Fsp3) is 0.484. The van der Waals surface area contributed by atoms with Crippen LogP contribution in [0, 0.1) is 5.92 Å². The van der Waals surface area contributed by atoms with E-state index in [2.05, 4.69) is 20.5 Å². The first kappa shape index (κ1) is 24.3. The van der Waals surface area contributed by atoms with Crippen molar-refractivity contribution in [1.29, 1.82) is 0 Å². The molecule has 9 nitrogen and oxygen atoms in total. The lowest BCUT2D eigenvalue weighted by molar-refractivity contribution is -0.191. The molecule has 0 unspecified atom stereocenters. The topological polar surface area (TPSA) is 127 Å². The van der Waals surface area contributed by atoms with Crippen LogP contribution in [0.1, 0.15) is 60.5 Å². The van der Waals surface area contributed by atoms with Gasteiger partial charge in [0.15, 0.2) is 11.5 Å². The van der Waals surface area contributed by atoms with Crippen LogP contribution in [0.15, 0.2) is 36.5 Å². The Bertz CT molecular complexity index is 1580. The van der Waals surface area contributed by atoms with Crippen LogP contribution in [-0.4, -0.2) is 68.8 Å². The van der Waals surface area contributed by atoms with Crippen molar-refractivity contribution in [3.63, 3.8) is 0 Å². The summed E-state index contributed by atoms with van der Waals surface area (Å²) in [7, 11) is 0. The highest BCUT2D eigenvalue weighted by molar-refractivity contribution is 6.10. The maximum absolute atomic E-state index is 13.8. The summed E-state index contributed by atoms with van der Waals surface area (Å²) in [5, 5.41) is 30.3. The van der Waals surface area contributed by atoms with Crippen LogP contribution in [-0.2, 0) is 16.6 Å². The number of nitrogens with zero attached hydrogens (tertiary/aromatic N) is 1. The molecule has 0 radical (unpaired) electrons. The summed E-state index contributed by atoms with van der Waals surface area (Å²) in [6.07, 6.45) is 6.33. The Morgan fingerprint density at radius 2 is 2.02 bits per heavy atom. The molecule has 40 heavy (non-hydrogen) atoms. The van der Waals surface area contributed by atoms with Crippen molar-refractivity contribution in [3.05, 3.63) is 53.2 Å². The number of hydrogen-bond donors (Lipinski definition) is 5. The Morgan fingerprint density at radius 3 is 2.83 bits per heavy atom. The molecule has 3 aromatic rings. The van der Waals surface area contributed by atoms with E-state index in [-0.39, 0.29) is 29.6 Å². The van der Waals surface area contributed by atoms with Crippen LogP contribution >= 0.6 is 0 Å². The van der Waals surface area contributed by atoms with E-state index in [9.17, 15) is 19.8 Å². The van der Waals surface area contributed by atoms with E-state index in [0.717, 1.165) is 48.4 Å². The number of aliphatic hydroxyl groups is 1. The number of H-pyrrole nitrogens is 1. The van der Waals surface area contributed by atoms with Crippen molar-refractivity contribution in [3.8, 4) is 11.5 Å². The van der Waals surface area contributed by atoms with Gasteiger partial charge in [-0.1, -0.05) is 18.2 Å².